The van der Waals surface area contributed by atoms with E-state index in [1.54, 1.807) is 11.8 Å². The van der Waals surface area contributed by atoms with Gasteiger partial charge in [0, 0.05) is 25.5 Å². The molecule has 134 valence electrons. The summed E-state index contributed by atoms with van der Waals surface area (Å²) in [5.41, 5.74) is -0.564. The summed E-state index contributed by atoms with van der Waals surface area (Å²) in [7, 11) is -2.78. The Morgan fingerprint density at radius 2 is 2.04 bits per heavy atom. The Kier molecular flexibility index (Phi) is 5.82. The minimum absolute atomic E-state index is 0.234. The van der Waals surface area contributed by atoms with Crippen molar-refractivity contribution < 1.29 is 22.1 Å². The Bertz CT molecular complexity index is 707. The van der Waals surface area contributed by atoms with Gasteiger partial charge in [0.05, 0.1) is 28.2 Å². The maximum absolute atomic E-state index is 12.9. The van der Waals surface area contributed by atoms with Crippen LogP contribution in [0.2, 0.25) is 0 Å². The van der Waals surface area contributed by atoms with Crippen LogP contribution in [0, 0.1) is 0 Å². The zero-order valence-corrected chi connectivity index (χ0v) is 14.9. The average molecular weight is 381 g/mol. The summed E-state index contributed by atoms with van der Waals surface area (Å²) in [4.78, 5) is 5.21. The van der Waals surface area contributed by atoms with Crippen LogP contribution in [0.1, 0.15) is 23.4 Å². The first-order chi connectivity index (χ1) is 11.1. The second-order valence-electron chi connectivity index (χ2n) is 5.45. The molecule has 5 nitrogen and oxygen atoms in total. The predicted octanol–water partition coefficient (Wildman–Crippen LogP) is 2.88. The van der Waals surface area contributed by atoms with Gasteiger partial charge in [-0.05, 0) is 30.8 Å². The Hall–Kier alpha value is -1.26. The lowest BCUT2D eigenvalue weighted by atomic mass is 10.2. The Morgan fingerprint density at radius 3 is 2.54 bits per heavy atom. The number of hydrogen-bond donors (Lipinski definition) is 0. The number of alkyl halides is 3. The topological polar surface area (TPSA) is 54.8 Å². The van der Waals surface area contributed by atoms with E-state index >= 15 is 0 Å². The maximum atomic E-state index is 12.9. The van der Waals surface area contributed by atoms with E-state index in [2.05, 4.69) is 9.35 Å². The third-order valence-corrected chi connectivity index (χ3v) is 6.33. The van der Waals surface area contributed by atoms with E-state index in [0.717, 1.165) is 12.3 Å². The van der Waals surface area contributed by atoms with Gasteiger partial charge < -0.3 is 9.64 Å². The fraction of sp³-hybridized carbons (Fsp3) is 0.571. The third kappa shape index (κ3) is 4.64. The minimum Gasteiger partial charge on any atom is -0.378 e. The zero-order chi connectivity index (χ0) is 18.0. The standard InChI is InChI=1S/C14H18F3N3O2S2/c1-10(11-3-4-12(18-9-11)14(15,16)17)24(2,21)19-13(23)20-5-7-22-8-6-20/h3-4,9-10H,5-8H2,1-2H3. The number of ether oxygens (including phenoxy) is 1. The van der Waals surface area contributed by atoms with Gasteiger partial charge >= 0.3 is 6.18 Å². The molecular formula is C14H18F3N3O2S2. The largest absolute Gasteiger partial charge is 0.433 e. The first-order valence-corrected chi connectivity index (χ1v) is 9.61. The number of halogens is 3. The molecule has 2 atom stereocenters. The molecule has 2 rings (SSSR count). The highest BCUT2D eigenvalue weighted by molar-refractivity contribution is 7.94. The highest BCUT2D eigenvalue weighted by Gasteiger charge is 2.32. The molecule has 10 heteroatoms. The number of rotatable bonds is 2. The van der Waals surface area contributed by atoms with E-state index in [0.29, 0.717) is 31.9 Å². The first-order valence-electron chi connectivity index (χ1n) is 7.22. The van der Waals surface area contributed by atoms with Crippen LogP contribution in [-0.2, 0) is 20.6 Å². The van der Waals surface area contributed by atoms with Gasteiger partial charge in [-0.1, -0.05) is 6.07 Å². The Morgan fingerprint density at radius 1 is 1.42 bits per heavy atom. The predicted molar refractivity (Wildman–Crippen MR) is 89.1 cm³/mol. The maximum Gasteiger partial charge on any atom is 0.433 e. The number of thiocarbonyl (C=S) groups is 1. The fourth-order valence-corrected chi connectivity index (χ4v) is 3.97. The molecular weight excluding hydrogens is 363 g/mol. The molecule has 0 saturated carbocycles. The van der Waals surface area contributed by atoms with Gasteiger partial charge in [-0.25, -0.2) is 4.21 Å². The molecule has 0 aliphatic carbocycles. The molecule has 24 heavy (non-hydrogen) atoms. The van der Waals surface area contributed by atoms with Crippen LogP contribution < -0.4 is 0 Å². The molecule has 0 N–H and O–H groups in total. The van der Waals surface area contributed by atoms with Crippen LogP contribution in [0.4, 0.5) is 13.2 Å². The average Bonchev–Trinajstić information content (AvgIpc) is 2.54. The summed E-state index contributed by atoms with van der Waals surface area (Å²) in [5, 5.41) is -0.371. The molecule has 1 aromatic rings. The first kappa shape index (κ1) is 19.1. The van der Waals surface area contributed by atoms with Crippen LogP contribution in [0.15, 0.2) is 22.7 Å². The zero-order valence-electron chi connectivity index (χ0n) is 13.2. The number of pyridine rings is 1. The van der Waals surface area contributed by atoms with Crippen molar-refractivity contribution in [3.63, 3.8) is 0 Å². The van der Waals surface area contributed by atoms with Crippen LogP contribution in [0.5, 0.6) is 0 Å². The van der Waals surface area contributed by atoms with Crippen molar-refractivity contribution in [1.82, 2.24) is 9.88 Å². The highest BCUT2D eigenvalue weighted by atomic mass is 32.2. The summed E-state index contributed by atoms with van der Waals surface area (Å²) in [5.74, 6) is 0. The minimum atomic E-state index is -4.50. The van der Waals surface area contributed by atoms with Gasteiger partial charge in [0.25, 0.3) is 0 Å². The van der Waals surface area contributed by atoms with E-state index in [4.69, 9.17) is 17.0 Å². The SMILES string of the molecule is CC(c1ccc(C(F)(F)F)nc1)S(C)(=O)=NC(=S)N1CCOCC1. The van der Waals surface area contributed by atoms with Crippen LogP contribution in [0.25, 0.3) is 0 Å². The van der Waals surface area contributed by atoms with Gasteiger partial charge in [-0.3, -0.25) is 4.98 Å². The highest BCUT2D eigenvalue weighted by Crippen LogP contribution is 2.29. The van der Waals surface area contributed by atoms with Crippen molar-refractivity contribution in [2.75, 3.05) is 32.6 Å². The van der Waals surface area contributed by atoms with Crippen molar-refractivity contribution in [3.05, 3.63) is 29.6 Å². The van der Waals surface area contributed by atoms with E-state index in [9.17, 15) is 17.4 Å². The monoisotopic (exact) mass is 381 g/mol. The van der Waals surface area contributed by atoms with E-state index in [1.807, 2.05) is 0 Å². The summed E-state index contributed by atoms with van der Waals surface area (Å²) < 4.78 is 59.9. The molecule has 0 spiro atoms. The molecule has 2 heterocycles. The van der Waals surface area contributed by atoms with Crippen molar-refractivity contribution >= 4 is 27.1 Å². The van der Waals surface area contributed by atoms with Gasteiger partial charge in [0.2, 0.25) is 5.11 Å². The van der Waals surface area contributed by atoms with Crippen molar-refractivity contribution in [2.45, 2.75) is 18.3 Å². The van der Waals surface area contributed by atoms with Crippen LogP contribution in [0.3, 0.4) is 0 Å². The summed E-state index contributed by atoms with van der Waals surface area (Å²) in [6.07, 6.45) is -1.97. The van der Waals surface area contributed by atoms with Crippen molar-refractivity contribution in [1.29, 1.82) is 0 Å². The van der Waals surface area contributed by atoms with Gasteiger partial charge in [0.1, 0.15) is 5.69 Å². The Balaban J connectivity index is 2.20. The lowest BCUT2D eigenvalue weighted by Crippen LogP contribution is -2.39. The molecule has 0 aromatic carbocycles. The van der Waals surface area contributed by atoms with E-state index < -0.39 is 26.8 Å². The number of hydrogen-bond acceptors (Lipinski definition) is 4. The quantitative estimate of drug-likeness (QED) is 0.738. The molecule has 1 aromatic heterocycles. The van der Waals surface area contributed by atoms with E-state index in [-0.39, 0.29) is 5.11 Å². The number of aromatic nitrogens is 1. The summed E-state index contributed by atoms with van der Waals surface area (Å²) in [6.45, 7) is 3.85. The lowest BCUT2D eigenvalue weighted by Gasteiger charge is -2.27. The second kappa shape index (κ2) is 7.32. The smallest absolute Gasteiger partial charge is 0.378 e. The fourth-order valence-electron chi connectivity index (χ4n) is 2.11. The van der Waals surface area contributed by atoms with Gasteiger partial charge in [-0.2, -0.15) is 17.5 Å². The summed E-state index contributed by atoms with van der Waals surface area (Å²) >= 11 is 5.22. The van der Waals surface area contributed by atoms with Gasteiger partial charge in [0.15, 0.2) is 0 Å². The molecule has 1 aliphatic heterocycles. The molecule has 0 amide bonds. The van der Waals surface area contributed by atoms with Crippen molar-refractivity contribution in [2.24, 2.45) is 4.36 Å². The number of morpholine rings is 1. The molecule has 0 radical (unpaired) electrons. The molecule has 0 bridgehead atoms. The van der Waals surface area contributed by atoms with E-state index in [1.165, 1.54) is 12.3 Å². The van der Waals surface area contributed by atoms with Gasteiger partial charge in [-0.15, -0.1) is 0 Å². The molecule has 1 fully saturated rings. The van der Waals surface area contributed by atoms with Crippen LogP contribution in [-0.4, -0.2) is 51.8 Å². The summed E-state index contributed by atoms with van der Waals surface area (Å²) in [6, 6.07) is 2.15. The third-order valence-electron chi connectivity index (χ3n) is 3.74. The van der Waals surface area contributed by atoms with Crippen LogP contribution >= 0.6 is 12.2 Å². The molecule has 1 saturated heterocycles. The number of nitrogens with zero attached hydrogens (tertiary/aromatic N) is 3. The Labute approximate surface area is 144 Å². The second-order valence-corrected chi connectivity index (χ2v) is 8.43. The van der Waals surface area contributed by atoms with Crippen molar-refractivity contribution in [3.8, 4) is 0 Å². The molecule has 2 unspecified atom stereocenters. The molecule has 1 aliphatic rings. The lowest BCUT2D eigenvalue weighted by molar-refractivity contribution is -0.141. The normalized spacial score (nSPS) is 19.5.